The minimum absolute atomic E-state index is 0.110. The fraction of sp³-hybridized carbons (Fsp3) is 0.333. The van der Waals surface area contributed by atoms with Gasteiger partial charge in [-0.05, 0) is 55.9 Å². The molecule has 0 aliphatic heterocycles. The molecule has 1 aromatic heterocycles. The number of hydrogen-bond donors (Lipinski definition) is 2. The highest BCUT2D eigenvalue weighted by atomic mass is 19.1. The maximum absolute atomic E-state index is 13.9. The third-order valence-corrected chi connectivity index (χ3v) is 5.37. The monoisotopic (exact) mass is 367 g/mol. The van der Waals surface area contributed by atoms with Gasteiger partial charge in [0.1, 0.15) is 5.82 Å². The zero-order valence-electron chi connectivity index (χ0n) is 15.2. The van der Waals surface area contributed by atoms with Crippen molar-refractivity contribution in [2.45, 2.75) is 44.7 Å². The van der Waals surface area contributed by atoms with Gasteiger partial charge in [0, 0.05) is 40.8 Å². The largest absolute Gasteiger partial charge is 0.357 e. The predicted molar refractivity (Wildman–Crippen MR) is 103 cm³/mol. The van der Waals surface area contributed by atoms with E-state index in [1.165, 1.54) is 12.1 Å². The number of nitrogens with one attached hydrogen (secondary N) is 2. The molecule has 27 heavy (non-hydrogen) atoms. The lowest BCUT2D eigenvalue weighted by atomic mass is 9.91. The number of halogens is 1. The summed E-state index contributed by atoms with van der Waals surface area (Å²) >= 11 is 0. The zero-order chi connectivity index (χ0) is 19.0. The van der Waals surface area contributed by atoms with Crippen LogP contribution in [0.5, 0.6) is 0 Å². The summed E-state index contributed by atoms with van der Waals surface area (Å²) in [5, 5.41) is 15.7. The lowest BCUT2D eigenvalue weighted by Gasteiger charge is -2.27. The van der Waals surface area contributed by atoms with E-state index in [1.807, 2.05) is 12.1 Å². The molecule has 0 spiro atoms. The Kier molecular flexibility index (Phi) is 4.66. The van der Waals surface area contributed by atoms with Gasteiger partial charge < -0.3 is 10.3 Å². The summed E-state index contributed by atoms with van der Waals surface area (Å²) in [5.74, 6) is -0.173. The van der Waals surface area contributed by atoms with Crippen LogP contribution in [0.15, 0.2) is 42.5 Å². The number of fused-ring (bicyclic) bond motifs is 3. The Hall–Kier alpha value is -2.73. The van der Waals surface area contributed by atoms with E-state index >= 15 is 0 Å². The van der Waals surface area contributed by atoms with Crippen LogP contribution in [0.2, 0.25) is 0 Å². The number of nitro benzene ring substituents is 1. The number of aromatic amines is 1. The molecule has 1 aliphatic rings. The Bertz CT molecular complexity index is 998. The molecular weight excluding hydrogens is 345 g/mol. The molecular formula is C21H22FN3O2. The number of rotatable bonds is 5. The topological polar surface area (TPSA) is 71.0 Å². The van der Waals surface area contributed by atoms with Crippen LogP contribution in [-0.4, -0.2) is 15.9 Å². The molecule has 1 heterocycles. The van der Waals surface area contributed by atoms with E-state index in [9.17, 15) is 14.5 Å². The van der Waals surface area contributed by atoms with Gasteiger partial charge in [0.2, 0.25) is 0 Å². The van der Waals surface area contributed by atoms with Crippen LogP contribution < -0.4 is 5.32 Å². The molecule has 0 unspecified atom stereocenters. The van der Waals surface area contributed by atoms with Gasteiger partial charge in [0.05, 0.1) is 4.92 Å². The van der Waals surface area contributed by atoms with Crippen molar-refractivity contribution in [3.05, 3.63) is 75.2 Å². The Morgan fingerprint density at radius 1 is 1.33 bits per heavy atom. The fourth-order valence-electron chi connectivity index (χ4n) is 4.13. The summed E-state index contributed by atoms with van der Waals surface area (Å²) in [6.07, 6.45) is 3.54. The van der Waals surface area contributed by atoms with E-state index in [0.717, 1.165) is 41.4 Å². The Balaban J connectivity index is 1.58. The average Bonchev–Trinajstić information content (AvgIpc) is 3.02. The molecule has 0 bridgehead atoms. The molecule has 3 aromatic rings. The van der Waals surface area contributed by atoms with Crippen molar-refractivity contribution in [3.8, 4) is 0 Å². The van der Waals surface area contributed by atoms with Gasteiger partial charge in [0.15, 0.2) is 0 Å². The minimum Gasteiger partial charge on any atom is -0.357 e. The van der Waals surface area contributed by atoms with Crippen molar-refractivity contribution in [2.24, 2.45) is 0 Å². The van der Waals surface area contributed by atoms with E-state index in [1.54, 1.807) is 18.2 Å². The third-order valence-electron chi connectivity index (χ3n) is 5.37. The summed E-state index contributed by atoms with van der Waals surface area (Å²) in [7, 11) is 0. The molecule has 6 heteroatoms. The second-order valence-electron chi connectivity index (χ2n) is 7.31. The first-order valence-corrected chi connectivity index (χ1v) is 9.31. The van der Waals surface area contributed by atoms with Crippen LogP contribution in [-0.2, 0) is 12.8 Å². The lowest BCUT2D eigenvalue weighted by Crippen LogP contribution is -2.34. The molecule has 140 valence electrons. The van der Waals surface area contributed by atoms with E-state index in [0.29, 0.717) is 12.0 Å². The molecule has 0 fully saturated rings. The molecule has 2 aromatic carbocycles. The molecule has 4 rings (SSSR count). The highest BCUT2D eigenvalue weighted by Gasteiger charge is 2.26. The SMILES string of the molecule is C[C@H](Cc1ccccc1F)N[C@H]1CCCc2c1[nH]c1ccc([N+](=O)[O-])cc21. The van der Waals surface area contributed by atoms with E-state index in [2.05, 4.69) is 17.2 Å². The van der Waals surface area contributed by atoms with Crippen molar-refractivity contribution < 1.29 is 9.31 Å². The minimum atomic E-state index is -0.353. The number of hydrogen-bond acceptors (Lipinski definition) is 3. The van der Waals surface area contributed by atoms with Crippen molar-refractivity contribution in [1.29, 1.82) is 0 Å². The van der Waals surface area contributed by atoms with E-state index in [-0.39, 0.29) is 28.5 Å². The highest BCUT2D eigenvalue weighted by Crippen LogP contribution is 2.36. The summed E-state index contributed by atoms with van der Waals surface area (Å²) in [6.45, 7) is 2.06. The number of nitro groups is 1. The van der Waals surface area contributed by atoms with Gasteiger partial charge in [-0.1, -0.05) is 18.2 Å². The maximum Gasteiger partial charge on any atom is 0.270 e. The highest BCUT2D eigenvalue weighted by molar-refractivity contribution is 5.87. The smallest absolute Gasteiger partial charge is 0.270 e. The second-order valence-corrected chi connectivity index (χ2v) is 7.31. The first-order valence-electron chi connectivity index (χ1n) is 9.31. The predicted octanol–water partition coefficient (Wildman–Crippen LogP) is 4.81. The number of nitrogens with zero attached hydrogens (tertiary/aromatic N) is 1. The van der Waals surface area contributed by atoms with Crippen molar-refractivity contribution in [2.75, 3.05) is 0 Å². The summed E-state index contributed by atoms with van der Waals surface area (Å²) in [4.78, 5) is 14.2. The normalized spacial score (nSPS) is 17.6. The third kappa shape index (κ3) is 3.45. The summed E-state index contributed by atoms with van der Waals surface area (Å²) in [5.41, 5.74) is 4.03. The lowest BCUT2D eigenvalue weighted by molar-refractivity contribution is -0.384. The van der Waals surface area contributed by atoms with E-state index < -0.39 is 0 Å². The first kappa shape index (κ1) is 17.7. The van der Waals surface area contributed by atoms with Crippen LogP contribution in [0.1, 0.15) is 42.6 Å². The van der Waals surface area contributed by atoms with Crippen molar-refractivity contribution in [3.63, 3.8) is 0 Å². The van der Waals surface area contributed by atoms with Crippen LogP contribution >= 0.6 is 0 Å². The quantitative estimate of drug-likeness (QED) is 0.502. The van der Waals surface area contributed by atoms with E-state index in [4.69, 9.17) is 0 Å². The van der Waals surface area contributed by atoms with Crippen molar-refractivity contribution in [1.82, 2.24) is 10.3 Å². The number of aryl methyl sites for hydroxylation is 1. The molecule has 0 saturated heterocycles. The van der Waals surface area contributed by atoms with Gasteiger partial charge >= 0.3 is 0 Å². The number of aromatic nitrogens is 1. The Morgan fingerprint density at radius 2 is 2.15 bits per heavy atom. The Morgan fingerprint density at radius 3 is 2.93 bits per heavy atom. The fourth-order valence-corrected chi connectivity index (χ4v) is 4.13. The van der Waals surface area contributed by atoms with Gasteiger partial charge in [-0.3, -0.25) is 10.1 Å². The molecule has 5 nitrogen and oxygen atoms in total. The molecule has 2 N–H and O–H groups in total. The van der Waals surface area contributed by atoms with Gasteiger partial charge in [-0.2, -0.15) is 0 Å². The number of non-ortho nitro benzene ring substituents is 1. The van der Waals surface area contributed by atoms with Crippen LogP contribution in [0.3, 0.4) is 0 Å². The van der Waals surface area contributed by atoms with Gasteiger partial charge in [-0.25, -0.2) is 4.39 Å². The maximum atomic E-state index is 13.9. The van der Waals surface area contributed by atoms with Crippen LogP contribution in [0.4, 0.5) is 10.1 Å². The van der Waals surface area contributed by atoms with Crippen LogP contribution in [0.25, 0.3) is 10.9 Å². The molecule has 1 aliphatic carbocycles. The van der Waals surface area contributed by atoms with Crippen molar-refractivity contribution >= 4 is 16.6 Å². The number of benzene rings is 2. The number of H-pyrrole nitrogens is 1. The van der Waals surface area contributed by atoms with Gasteiger partial charge in [0.25, 0.3) is 5.69 Å². The van der Waals surface area contributed by atoms with Gasteiger partial charge in [-0.15, -0.1) is 0 Å². The Labute approximate surface area is 156 Å². The van der Waals surface area contributed by atoms with Crippen LogP contribution in [0, 0.1) is 15.9 Å². The average molecular weight is 367 g/mol. The first-order chi connectivity index (χ1) is 13.0. The molecule has 2 atom stereocenters. The zero-order valence-corrected chi connectivity index (χ0v) is 15.2. The molecule has 0 radical (unpaired) electrons. The second kappa shape index (κ2) is 7.12. The summed E-state index contributed by atoms with van der Waals surface area (Å²) in [6, 6.07) is 12.1. The summed E-state index contributed by atoms with van der Waals surface area (Å²) < 4.78 is 13.9. The molecule has 0 amide bonds. The molecule has 0 saturated carbocycles. The standard InChI is InChI=1S/C21H22FN3O2/c1-13(11-14-5-2-3-7-18(14)22)23-20-8-4-6-16-17-12-15(25(26)27)9-10-19(17)24-21(16)20/h2-3,5,7,9-10,12-13,20,23-24H,4,6,8,11H2,1H3/t13-,20+/m1/s1.